The molecule has 23 heavy (non-hydrogen) atoms. The van der Waals surface area contributed by atoms with Crippen molar-refractivity contribution in [3.8, 4) is 0 Å². The van der Waals surface area contributed by atoms with E-state index in [-0.39, 0.29) is 6.42 Å². The first-order valence-corrected chi connectivity index (χ1v) is 9.39. The zero-order chi connectivity index (χ0) is 17.6. The number of carboxylic acid groups (broad SMARTS) is 1. The third kappa shape index (κ3) is 11.3. The van der Waals surface area contributed by atoms with Gasteiger partial charge >= 0.3 is 0 Å². The van der Waals surface area contributed by atoms with Gasteiger partial charge in [-0.15, -0.1) is 0 Å². The second-order valence-corrected chi connectivity index (χ2v) is 6.66. The van der Waals surface area contributed by atoms with Gasteiger partial charge in [0.2, 0.25) is 0 Å². The number of hydrogen-bond acceptors (Lipinski definition) is 3. The van der Waals surface area contributed by atoms with E-state index in [0.717, 1.165) is 62.8 Å². The standard InChI is InChI=1S/C19H37NO3/c1-4-7-8-9-12-18(21)17-20(14-5-2,15-6-3)16-11-10-13-19(22)23/h9,12,18,21H,4-8,10-11,13-17H2,1-3H3/b12-9+. The van der Waals surface area contributed by atoms with E-state index in [1.807, 2.05) is 6.08 Å². The van der Waals surface area contributed by atoms with E-state index in [0.29, 0.717) is 6.42 Å². The number of quaternary nitrogens is 1. The molecule has 0 aliphatic rings. The van der Waals surface area contributed by atoms with Crippen molar-refractivity contribution in [3.05, 3.63) is 12.2 Å². The maximum absolute atomic E-state index is 10.6. The van der Waals surface area contributed by atoms with E-state index in [4.69, 9.17) is 0 Å². The van der Waals surface area contributed by atoms with Gasteiger partial charge < -0.3 is 19.5 Å². The highest BCUT2D eigenvalue weighted by Gasteiger charge is 2.27. The number of allylic oxidation sites excluding steroid dienone is 1. The van der Waals surface area contributed by atoms with Crippen LogP contribution in [0.4, 0.5) is 0 Å². The summed E-state index contributed by atoms with van der Waals surface area (Å²) < 4.78 is 0.888. The lowest BCUT2D eigenvalue weighted by molar-refractivity contribution is -0.930. The number of nitrogens with zero attached hydrogens (tertiary/aromatic N) is 1. The van der Waals surface area contributed by atoms with Crippen LogP contribution in [0.25, 0.3) is 0 Å². The molecular weight excluding hydrogens is 290 g/mol. The van der Waals surface area contributed by atoms with Gasteiger partial charge in [-0.1, -0.05) is 45.8 Å². The minimum Gasteiger partial charge on any atom is -0.550 e. The Morgan fingerprint density at radius 3 is 2.22 bits per heavy atom. The maximum Gasteiger partial charge on any atom is 0.121 e. The van der Waals surface area contributed by atoms with Crippen molar-refractivity contribution in [2.45, 2.75) is 78.2 Å². The molecule has 0 rings (SSSR count). The molecule has 0 aliphatic carbocycles. The highest BCUT2D eigenvalue weighted by atomic mass is 16.4. The summed E-state index contributed by atoms with van der Waals surface area (Å²) in [5.41, 5.74) is 0. The molecule has 0 heterocycles. The maximum atomic E-state index is 10.6. The molecule has 0 aliphatic heterocycles. The van der Waals surface area contributed by atoms with Crippen LogP contribution in [0.5, 0.6) is 0 Å². The lowest BCUT2D eigenvalue weighted by atomic mass is 10.1. The molecule has 0 aromatic carbocycles. The number of aliphatic hydroxyl groups excluding tert-OH is 1. The smallest absolute Gasteiger partial charge is 0.121 e. The Morgan fingerprint density at radius 1 is 1.04 bits per heavy atom. The van der Waals surface area contributed by atoms with Gasteiger partial charge in [-0.25, -0.2) is 0 Å². The second-order valence-electron chi connectivity index (χ2n) is 6.66. The quantitative estimate of drug-likeness (QED) is 0.286. The number of unbranched alkanes of at least 4 members (excludes halogenated alkanes) is 3. The highest BCUT2D eigenvalue weighted by Crippen LogP contribution is 2.15. The molecule has 0 spiro atoms. The van der Waals surface area contributed by atoms with Gasteiger partial charge in [0.1, 0.15) is 12.6 Å². The van der Waals surface area contributed by atoms with E-state index >= 15 is 0 Å². The third-order valence-electron chi connectivity index (χ3n) is 4.32. The highest BCUT2D eigenvalue weighted by molar-refractivity contribution is 5.64. The van der Waals surface area contributed by atoms with Crippen LogP contribution < -0.4 is 5.11 Å². The largest absolute Gasteiger partial charge is 0.550 e. The van der Waals surface area contributed by atoms with Gasteiger partial charge in [0.25, 0.3) is 0 Å². The topological polar surface area (TPSA) is 60.4 Å². The van der Waals surface area contributed by atoms with Crippen molar-refractivity contribution in [1.29, 1.82) is 0 Å². The van der Waals surface area contributed by atoms with Crippen molar-refractivity contribution in [1.82, 2.24) is 0 Å². The summed E-state index contributed by atoms with van der Waals surface area (Å²) in [7, 11) is 0. The second kappa shape index (κ2) is 13.6. The third-order valence-corrected chi connectivity index (χ3v) is 4.32. The first-order chi connectivity index (χ1) is 11.0. The number of hydrogen-bond donors (Lipinski definition) is 1. The van der Waals surface area contributed by atoms with Crippen molar-refractivity contribution in [3.63, 3.8) is 0 Å². The summed E-state index contributed by atoms with van der Waals surface area (Å²) in [5, 5.41) is 20.9. The monoisotopic (exact) mass is 327 g/mol. The Labute approximate surface area is 142 Å². The zero-order valence-electron chi connectivity index (χ0n) is 15.4. The van der Waals surface area contributed by atoms with Crippen LogP contribution in [0, 0.1) is 0 Å². The van der Waals surface area contributed by atoms with E-state index in [9.17, 15) is 15.0 Å². The number of rotatable bonds is 15. The molecule has 0 aromatic heterocycles. The molecule has 1 atom stereocenters. The van der Waals surface area contributed by atoms with Crippen LogP contribution in [0.15, 0.2) is 12.2 Å². The summed E-state index contributed by atoms with van der Waals surface area (Å²) in [6.45, 7) is 10.3. The Bertz CT molecular complexity index is 323. The average molecular weight is 328 g/mol. The number of aliphatic carboxylic acids is 1. The molecule has 4 heteroatoms. The Kier molecular flexibility index (Phi) is 13.0. The molecule has 0 aromatic rings. The number of carboxylic acids is 1. The molecule has 0 fully saturated rings. The Balaban J connectivity index is 4.61. The van der Waals surface area contributed by atoms with E-state index in [1.165, 1.54) is 6.42 Å². The minimum absolute atomic E-state index is 0.137. The molecule has 1 N–H and O–H groups in total. The summed E-state index contributed by atoms with van der Waals surface area (Å²) in [6.07, 6.45) is 10.8. The van der Waals surface area contributed by atoms with Gasteiger partial charge in [-0.2, -0.15) is 0 Å². The van der Waals surface area contributed by atoms with Crippen LogP contribution in [0.3, 0.4) is 0 Å². The molecule has 0 saturated heterocycles. The molecule has 0 bridgehead atoms. The molecule has 0 radical (unpaired) electrons. The predicted molar refractivity (Wildman–Crippen MR) is 93.8 cm³/mol. The molecule has 1 unspecified atom stereocenters. The van der Waals surface area contributed by atoms with Gasteiger partial charge in [0.05, 0.1) is 19.6 Å². The molecule has 0 saturated carbocycles. The predicted octanol–water partition coefficient (Wildman–Crippen LogP) is 2.65. The summed E-state index contributed by atoms with van der Waals surface area (Å²) in [6, 6.07) is 0. The zero-order valence-corrected chi connectivity index (χ0v) is 15.4. The van der Waals surface area contributed by atoms with Gasteiger partial charge in [0.15, 0.2) is 0 Å². The van der Waals surface area contributed by atoms with E-state index in [1.54, 1.807) is 0 Å². The van der Waals surface area contributed by atoms with Crippen LogP contribution in [0.1, 0.15) is 72.1 Å². The number of aliphatic hydroxyl groups is 1. The average Bonchev–Trinajstić information content (AvgIpc) is 2.48. The van der Waals surface area contributed by atoms with Crippen LogP contribution in [-0.2, 0) is 4.79 Å². The summed E-state index contributed by atoms with van der Waals surface area (Å²) >= 11 is 0. The fourth-order valence-corrected chi connectivity index (χ4v) is 3.31. The Morgan fingerprint density at radius 2 is 1.70 bits per heavy atom. The van der Waals surface area contributed by atoms with Gasteiger partial charge in [-0.05, 0) is 38.5 Å². The summed E-state index contributed by atoms with van der Waals surface area (Å²) in [4.78, 5) is 10.6. The molecule has 136 valence electrons. The fraction of sp³-hybridized carbons (Fsp3) is 0.842. The van der Waals surface area contributed by atoms with Gasteiger partial charge in [0, 0.05) is 5.97 Å². The first kappa shape index (κ1) is 22.1. The minimum atomic E-state index is -0.965. The fourth-order valence-electron chi connectivity index (χ4n) is 3.31. The van der Waals surface area contributed by atoms with Gasteiger partial charge in [-0.3, -0.25) is 0 Å². The Hall–Kier alpha value is -0.870. The van der Waals surface area contributed by atoms with Crippen molar-refractivity contribution >= 4 is 5.97 Å². The van der Waals surface area contributed by atoms with Crippen molar-refractivity contribution in [2.75, 3.05) is 26.2 Å². The lowest BCUT2D eigenvalue weighted by Crippen LogP contribution is -2.53. The van der Waals surface area contributed by atoms with E-state index < -0.39 is 12.1 Å². The normalized spacial score (nSPS) is 13.6. The van der Waals surface area contributed by atoms with Crippen molar-refractivity contribution in [2.24, 2.45) is 0 Å². The van der Waals surface area contributed by atoms with Crippen LogP contribution in [0.2, 0.25) is 0 Å². The summed E-state index contributed by atoms with van der Waals surface area (Å²) in [5.74, 6) is -0.965. The van der Waals surface area contributed by atoms with Crippen LogP contribution >= 0.6 is 0 Å². The van der Waals surface area contributed by atoms with E-state index in [2.05, 4.69) is 26.8 Å². The number of carbonyl (C=O) groups excluding carboxylic acids is 1. The lowest BCUT2D eigenvalue weighted by Gasteiger charge is -2.40. The SMILES string of the molecule is CCCC/C=C/C(O)C[N+](CCC)(CCC)CCCCC(=O)[O-]. The molecule has 4 nitrogen and oxygen atoms in total. The van der Waals surface area contributed by atoms with Crippen LogP contribution in [-0.4, -0.2) is 47.8 Å². The first-order valence-electron chi connectivity index (χ1n) is 9.39. The molecule has 0 amide bonds. The number of carbonyl (C=O) groups is 1. The van der Waals surface area contributed by atoms with Crippen molar-refractivity contribution < 1.29 is 19.5 Å². The molecular formula is C19H37NO3.